The molecule has 4 aromatic rings. The van der Waals surface area contributed by atoms with Gasteiger partial charge in [-0.15, -0.1) is 0 Å². The first-order valence-corrected chi connectivity index (χ1v) is 13.5. The van der Waals surface area contributed by atoms with Crippen LogP contribution in [0.25, 0.3) is 22.2 Å². The molecule has 2 aromatic carbocycles. The number of aromatic nitrogens is 3. The SMILES string of the molecule is Cc1nc(-c2cccc3n[nH]c(C)c23)cc(OC2CCCC2)c1CN(C)C1CCCc2ccccc21. The van der Waals surface area contributed by atoms with Crippen LogP contribution < -0.4 is 4.74 Å². The summed E-state index contributed by atoms with van der Waals surface area (Å²) >= 11 is 0. The Morgan fingerprint density at radius 2 is 1.83 bits per heavy atom. The van der Waals surface area contributed by atoms with Gasteiger partial charge in [0.1, 0.15) is 5.75 Å². The Balaban J connectivity index is 1.39. The van der Waals surface area contributed by atoms with Crippen LogP contribution in [-0.2, 0) is 13.0 Å². The number of nitrogens with one attached hydrogen (secondary N) is 1. The molecule has 0 aliphatic heterocycles. The van der Waals surface area contributed by atoms with Crippen LogP contribution in [0, 0.1) is 13.8 Å². The minimum Gasteiger partial charge on any atom is -0.490 e. The zero-order chi connectivity index (χ0) is 24.6. The van der Waals surface area contributed by atoms with Crippen molar-refractivity contribution >= 4 is 10.9 Å². The highest BCUT2D eigenvalue weighted by Crippen LogP contribution is 2.38. The first-order valence-electron chi connectivity index (χ1n) is 13.5. The first-order chi connectivity index (χ1) is 17.6. The monoisotopic (exact) mass is 480 g/mol. The Morgan fingerprint density at radius 3 is 2.69 bits per heavy atom. The van der Waals surface area contributed by atoms with Gasteiger partial charge in [0, 0.05) is 46.6 Å². The Labute approximate surface area is 213 Å². The molecule has 36 heavy (non-hydrogen) atoms. The van der Waals surface area contributed by atoms with Crippen molar-refractivity contribution in [1.82, 2.24) is 20.1 Å². The lowest BCUT2D eigenvalue weighted by molar-refractivity contribution is 0.189. The summed E-state index contributed by atoms with van der Waals surface area (Å²) in [6, 6.07) is 17.8. The lowest BCUT2D eigenvalue weighted by atomic mass is 9.87. The van der Waals surface area contributed by atoms with Crippen molar-refractivity contribution < 1.29 is 4.74 Å². The summed E-state index contributed by atoms with van der Waals surface area (Å²) in [5, 5.41) is 8.75. The van der Waals surface area contributed by atoms with Crippen LogP contribution in [0.15, 0.2) is 48.5 Å². The summed E-state index contributed by atoms with van der Waals surface area (Å²) in [5.41, 5.74) is 9.36. The number of rotatable bonds is 6. The van der Waals surface area contributed by atoms with E-state index < -0.39 is 0 Å². The molecule has 0 saturated heterocycles. The van der Waals surface area contributed by atoms with Gasteiger partial charge in [-0.25, -0.2) is 0 Å². The zero-order valence-corrected chi connectivity index (χ0v) is 21.7. The van der Waals surface area contributed by atoms with E-state index in [0.717, 1.165) is 58.7 Å². The van der Waals surface area contributed by atoms with Gasteiger partial charge in [-0.3, -0.25) is 15.0 Å². The molecule has 0 bridgehead atoms. The molecule has 1 atom stereocenters. The lowest BCUT2D eigenvalue weighted by Gasteiger charge is -2.34. The first kappa shape index (κ1) is 23.2. The van der Waals surface area contributed by atoms with Gasteiger partial charge < -0.3 is 4.74 Å². The standard InChI is InChI=1S/C31H36N4O/c1-20-26(19-35(3)29-17-8-11-22-10-4-7-14-24(22)29)30(36-23-12-5-6-13-23)18-28(32-20)25-15-9-16-27-31(25)21(2)33-34-27/h4,7,9-10,14-16,18,23,29H,5-6,8,11-13,17,19H2,1-3H3,(H,33,34). The molecule has 186 valence electrons. The molecule has 1 N–H and O–H groups in total. The van der Waals surface area contributed by atoms with E-state index >= 15 is 0 Å². The molecule has 2 aliphatic carbocycles. The minimum atomic E-state index is 0.297. The van der Waals surface area contributed by atoms with Crippen molar-refractivity contribution in [2.45, 2.75) is 77.5 Å². The van der Waals surface area contributed by atoms with Crippen LogP contribution in [0.5, 0.6) is 5.75 Å². The van der Waals surface area contributed by atoms with E-state index in [1.54, 1.807) is 0 Å². The molecular formula is C31H36N4O. The van der Waals surface area contributed by atoms with Crippen LogP contribution in [0.2, 0.25) is 0 Å². The number of aromatic amines is 1. The van der Waals surface area contributed by atoms with Gasteiger partial charge in [0.2, 0.25) is 0 Å². The fourth-order valence-electron chi connectivity index (χ4n) is 6.28. The number of H-pyrrole nitrogens is 1. The molecule has 1 fully saturated rings. The molecule has 2 aromatic heterocycles. The Kier molecular flexibility index (Phi) is 6.26. The Bertz CT molecular complexity index is 1380. The van der Waals surface area contributed by atoms with Crippen molar-refractivity contribution in [2.24, 2.45) is 0 Å². The normalized spacial score (nSPS) is 18.2. The van der Waals surface area contributed by atoms with E-state index in [2.05, 4.69) is 84.5 Å². The second-order valence-corrected chi connectivity index (χ2v) is 10.7. The molecule has 0 amide bonds. The maximum atomic E-state index is 6.74. The van der Waals surface area contributed by atoms with Gasteiger partial charge in [-0.05, 0) is 83.0 Å². The van der Waals surface area contributed by atoms with Crippen molar-refractivity contribution in [3.05, 3.63) is 76.6 Å². The maximum Gasteiger partial charge on any atom is 0.128 e. The van der Waals surface area contributed by atoms with Crippen molar-refractivity contribution in [1.29, 1.82) is 0 Å². The second-order valence-electron chi connectivity index (χ2n) is 10.7. The molecule has 2 heterocycles. The Morgan fingerprint density at radius 1 is 1.00 bits per heavy atom. The molecule has 5 heteroatoms. The van der Waals surface area contributed by atoms with E-state index in [4.69, 9.17) is 9.72 Å². The average molecular weight is 481 g/mol. The minimum absolute atomic E-state index is 0.297. The maximum absolute atomic E-state index is 6.74. The zero-order valence-electron chi connectivity index (χ0n) is 21.7. The van der Waals surface area contributed by atoms with Crippen LogP contribution >= 0.6 is 0 Å². The lowest BCUT2D eigenvalue weighted by Crippen LogP contribution is -2.28. The third kappa shape index (κ3) is 4.30. The fraction of sp³-hybridized carbons (Fsp3) is 0.419. The molecule has 0 radical (unpaired) electrons. The Hall–Kier alpha value is -3.18. The van der Waals surface area contributed by atoms with Gasteiger partial charge in [-0.1, -0.05) is 36.4 Å². The summed E-state index contributed by atoms with van der Waals surface area (Å²) in [7, 11) is 2.26. The number of pyridine rings is 1. The van der Waals surface area contributed by atoms with Gasteiger partial charge in [0.25, 0.3) is 0 Å². The van der Waals surface area contributed by atoms with Gasteiger partial charge in [0.05, 0.1) is 17.3 Å². The van der Waals surface area contributed by atoms with Gasteiger partial charge in [-0.2, -0.15) is 5.10 Å². The summed E-state index contributed by atoms with van der Waals surface area (Å²) < 4.78 is 6.74. The smallest absolute Gasteiger partial charge is 0.128 e. The van der Waals surface area contributed by atoms with Crippen molar-refractivity contribution in [3.63, 3.8) is 0 Å². The van der Waals surface area contributed by atoms with Crippen LogP contribution in [0.3, 0.4) is 0 Å². The van der Waals surface area contributed by atoms with Crippen LogP contribution in [0.1, 0.15) is 72.6 Å². The van der Waals surface area contributed by atoms with E-state index in [1.165, 1.54) is 48.8 Å². The van der Waals surface area contributed by atoms with Crippen molar-refractivity contribution in [3.8, 4) is 17.0 Å². The van der Waals surface area contributed by atoms with Crippen LogP contribution in [-0.4, -0.2) is 33.2 Å². The van der Waals surface area contributed by atoms with Crippen LogP contribution in [0.4, 0.5) is 0 Å². The number of fused-ring (bicyclic) bond motifs is 2. The fourth-order valence-corrected chi connectivity index (χ4v) is 6.28. The van der Waals surface area contributed by atoms with E-state index in [0.29, 0.717) is 12.1 Å². The van der Waals surface area contributed by atoms with Gasteiger partial charge in [0.15, 0.2) is 0 Å². The highest BCUT2D eigenvalue weighted by atomic mass is 16.5. The summed E-state index contributed by atoms with van der Waals surface area (Å²) in [4.78, 5) is 7.65. The second kappa shape index (κ2) is 9.70. The average Bonchev–Trinajstić information content (AvgIpc) is 3.55. The summed E-state index contributed by atoms with van der Waals surface area (Å²) in [6.45, 7) is 5.05. The molecule has 2 aliphatic rings. The van der Waals surface area contributed by atoms with E-state index in [-0.39, 0.29) is 0 Å². The number of nitrogens with zero attached hydrogens (tertiary/aromatic N) is 3. The molecule has 5 nitrogen and oxygen atoms in total. The number of hydrogen-bond donors (Lipinski definition) is 1. The summed E-state index contributed by atoms with van der Waals surface area (Å²) in [6.07, 6.45) is 8.69. The highest BCUT2D eigenvalue weighted by molar-refractivity contribution is 5.95. The highest BCUT2D eigenvalue weighted by Gasteiger charge is 2.26. The summed E-state index contributed by atoms with van der Waals surface area (Å²) in [5.74, 6) is 0.999. The van der Waals surface area contributed by atoms with Crippen molar-refractivity contribution in [2.75, 3.05) is 7.05 Å². The topological polar surface area (TPSA) is 54.0 Å². The third-order valence-electron chi connectivity index (χ3n) is 8.20. The predicted octanol–water partition coefficient (Wildman–Crippen LogP) is 7.07. The molecular weight excluding hydrogens is 444 g/mol. The predicted molar refractivity (Wildman–Crippen MR) is 145 cm³/mol. The van der Waals surface area contributed by atoms with E-state index in [9.17, 15) is 0 Å². The molecule has 6 rings (SSSR count). The largest absolute Gasteiger partial charge is 0.490 e. The number of benzene rings is 2. The number of hydrogen-bond acceptors (Lipinski definition) is 4. The quantitative estimate of drug-likeness (QED) is 0.321. The van der Waals surface area contributed by atoms with Gasteiger partial charge >= 0.3 is 0 Å². The van der Waals surface area contributed by atoms with E-state index in [1.807, 2.05) is 0 Å². The third-order valence-corrected chi connectivity index (χ3v) is 8.20. The molecule has 1 saturated carbocycles. The number of aryl methyl sites for hydroxylation is 3. The molecule has 1 unspecified atom stereocenters. The molecule has 0 spiro atoms. The number of ether oxygens (including phenoxy) is 1.